The first kappa shape index (κ1) is 20.7. The molecule has 1 aromatic heterocycles. The highest BCUT2D eigenvalue weighted by Gasteiger charge is 2.17. The highest BCUT2D eigenvalue weighted by Crippen LogP contribution is 2.27. The van der Waals surface area contributed by atoms with Gasteiger partial charge in [0.15, 0.2) is 0 Å². The Kier molecular flexibility index (Phi) is 6.33. The van der Waals surface area contributed by atoms with Crippen molar-refractivity contribution in [1.29, 1.82) is 0 Å². The maximum atomic E-state index is 12.4. The lowest BCUT2D eigenvalue weighted by Gasteiger charge is -2.07. The summed E-state index contributed by atoms with van der Waals surface area (Å²) in [4.78, 5) is 15.6. The number of hydrogen-bond acceptors (Lipinski definition) is 3. The van der Waals surface area contributed by atoms with Gasteiger partial charge in [-0.3, -0.25) is 4.79 Å². The van der Waals surface area contributed by atoms with Gasteiger partial charge in [0, 0.05) is 39.1 Å². The second-order valence-corrected chi connectivity index (χ2v) is 9.28. The molecule has 28 heavy (non-hydrogen) atoms. The van der Waals surface area contributed by atoms with Crippen molar-refractivity contribution in [3.8, 4) is 0 Å². The average Bonchev–Trinajstić information content (AvgIpc) is 3.04. The molecule has 0 saturated carbocycles. The van der Waals surface area contributed by atoms with Crippen molar-refractivity contribution in [1.82, 2.24) is 9.71 Å². The van der Waals surface area contributed by atoms with E-state index in [0.29, 0.717) is 22.9 Å². The summed E-state index contributed by atoms with van der Waals surface area (Å²) in [7, 11) is -3.64. The number of amides is 1. The van der Waals surface area contributed by atoms with Gasteiger partial charge in [-0.2, -0.15) is 0 Å². The van der Waals surface area contributed by atoms with E-state index in [4.69, 9.17) is 23.2 Å². The van der Waals surface area contributed by atoms with Crippen LogP contribution in [0.2, 0.25) is 10.0 Å². The smallest absolute Gasteiger partial charge is 0.264 e. The van der Waals surface area contributed by atoms with Crippen molar-refractivity contribution in [3.05, 3.63) is 69.3 Å². The number of carbonyl (C=O) groups excluding carboxylic acids is 1. The molecule has 0 saturated heterocycles. The first-order valence-electron chi connectivity index (χ1n) is 8.88. The van der Waals surface area contributed by atoms with Crippen LogP contribution in [0.15, 0.2) is 42.6 Å². The van der Waals surface area contributed by atoms with Crippen LogP contribution in [0.5, 0.6) is 0 Å². The van der Waals surface area contributed by atoms with Crippen LogP contribution >= 0.6 is 23.2 Å². The molecule has 0 radical (unpaired) electrons. The number of aromatic nitrogens is 1. The zero-order valence-electron chi connectivity index (χ0n) is 15.3. The minimum atomic E-state index is -3.64. The molecule has 5 nitrogen and oxygen atoms in total. The number of halogens is 2. The SMILES string of the molecule is CCCCS(=O)(=O)NC(=O)c1ccc2[nH]cc(Cc3ccc(Cl)cc3Cl)c2c1. The lowest BCUT2D eigenvalue weighted by molar-refractivity contribution is 0.0981. The monoisotopic (exact) mass is 438 g/mol. The predicted molar refractivity (Wildman–Crippen MR) is 114 cm³/mol. The maximum Gasteiger partial charge on any atom is 0.264 e. The minimum absolute atomic E-state index is 0.0675. The van der Waals surface area contributed by atoms with Gasteiger partial charge in [-0.05, 0) is 47.9 Å². The van der Waals surface area contributed by atoms with E-state index in [0.717, 1.165) is 28.5 Å². The van der Waals surface area contributed by atoms with E-state index in [2.05, 4.69) is 9.71 Å². The third kappa shape index (κ3) is 4.87. The fourth-order valence-corrected chi connectivity index (χ4v) is 4.57. The van der Waals surface area contributed by atoms with Crippen LogP contribution in [-0.4, -0.2) is 25.1 Å². The summed E-state index contributed by atoms with van der Waals surface area (Å²) in [5, 5.41) is 1.97. The summed E-state index contributed by atoms with van der Waals surface area (Å²) in [5.41, 5.74) is 2.99. The van der Waals surface area contributed by atoms with Crippen LogP contribution in [-0.2, 0) is 16.4 Å². The number of sulfonamides is 1. The van der Waals surface area contributed by atoms with Crippen LogP contribution in [0.25, 0.3) is 10.9 Å². The largest absolute Gasteiger partial charge is 0.361 e. The highest BCUT2D eigenvalue weighted by atomic mass is 35.5. The van der Waals surface area contributed by atoms with Crippen molar-refractivity contribution in [2.45, 2.75) is 26.2 Å². The number of benzene rings is 2. The number of aromatic amines is 1. The summed E-state index contributed by atoms with van der Waals surface area (Å²) in [6.07, 6.45) is 3.65. The second kappa shape index (κ2) is 8.55. The minimum Gasteiger partial charge on any atom is -0.361 e. The normalized spacial score (nSPS) is 11.7. The number of carbonyl (C=O) groups is 1. The fraction of sp³-hybridized carbons (Fsp3) is 0.250. The Bertz CT molecular complexity index is 1120. The van der Waals surface area contributed by atoms with Gasteiger partial charge in [0.1, 0.15) is 0 Å². The quantitative estimate of drug-likeness (QED) is 0.548. The van der Waals surface area contributed by atoms with Crippen molar-refractivity contribution >= 4 is 50.0 Å². The van der Waals surface area contributed by atoms with Crippen molar-refractivity contribution < 1.29 is 13.2 Å². The lowest BCUT2D eigenvalue weighted by Crippen LogP contribution is -2.32. The molecule has 0 aliphatic carbocycles. The summed E-state index contributed by atoms with van der Waals surface area (Å²) in [6, 6.07) is 10.4. The summed E-state index contributed by atoms with van der Waals surface area (Å²) >= 11 is 12.2. The van der Waals surface area contributed by atoms with Crippen molar-refractivity contribution in [2.75, 3.05) is 5.75 Å². The Balaban J connectivity index is 1.87. The number of fused-ring (bicyclic) bond motifs is 1. The lowest BCUT2D eigenvalue weighted by atomic mass is 10.0. The Morgan fingerprint density at radius 3 is 2.61 bits per heavy atom. The van der Waals surface area contributed by atoms with E-state index in [1.54, 1.807) is 30.3 Å². The van der Waals surface area contributed by atoms with Crippen LogP contribution in [0.4, 0.5) is 0 Å². The molecule has 8 heteroatoms. The molecule has 2 N–H and O–H groups in total. The number of rotatable bonds is 7. The number of H-pyrrole nitrogens is 1. The molecule has 0 bridgehead atoms. The molecule has 1 amide bonds. The van der Waals surface area contributed by atoms with E-state index in [1.165, 1.54) is 0 Å². The molecule has 0 spiro atoms. The standard InChI is InChI=1S/C20H20Cl2N2O3S/c1-2-3-8-28(26,27)24-20(25)14-5-7-19-17(10-14)15(12-23-19)9-13-4-6-16(21)11-18(13)22/h4-7,10-12,23H,2-3,8-9H2,1H3,(H,24,25). The third-order valence-electron chi connectivity index (χ3n) is 4.44. The molecule has 0 fully saturated rings. The molecule has 148 valence electrons. The summed E-state index contributed by atoms with van der Waals surface area (Å²) in [6.45, 7) is 1.89. The first-order valence-corrected chi connectivity index (χ1v) is 11.3. The number of unbranched alkanes of at least 4 members (excludes halogenated alkanes) is 1. The van der Waals surface area contributed by atoms with Gasteiger partial charge in [0.25, 0.3) is 5.91 Å². The number of nitrogens with one attached hydrogen (secondary N) is 2. The molecule has 0 aliphatic rings. The van der Waals surface area contributed by atoms with E-state index < -0.39 is 15.9 Å². The van der Waals surface area contributed by atoms with Crippen LogP contribution in [0.3, 0.4) is 0 Å². The van der Waals surface area contributed by atoms with Crippen molar-refractivity contribution in [2.24, 2.45) is 0 Å². The molecule has 3 rings (SSSR count). The highest BCUT2D eigenvalue weighted by molar-refractivity contribution is 7.90. The van der Waals surface area contributed by atoms with Crippen LogP contribution in [0.1, 0.15) is 41.3 Å². The zero-order chi connectivity index (χ0) is 20.3. The molecule has 3 aromatic rings. The van der Waals surface area contributed by atoms with Crippen molar-refractivity contribution in [3.63, 3.8) is 0 Å². The van der Waals surface area contributed by atoms with Gasteiger partial charge in [0.2, 0.25) is 10.0 Å². The van der Waals surface area contributed by atoms with E-state index in [9.17, 15) is 13.2 Å². The Labute approximate surface area is 174 Å². The third-order valence-corrected chi connectivity index (χ3v) is 6.35. The van der Waals surface area contributed by atoms with E-state index >= 15 is 0 Å². The van der Waals surface area contributed by atoms with E-state index in [-0.39, 0.29) is 11.3 Å². The molecule has 2 aromatic carbocycles. The fourth-order valence-electron chi connectivity index (χ4n) is 2.92. The van der Waals surface area contributed by atoms with Gasteiger partial charge >= 0.3 is 0 Å². The van der Waals surface area contributed by atoms with Gasteiger partial charge in [-0.25, -0.2) is 13.1 Å². The first-order chi connectivity index (χ1) is 13.3. The van der Waals surface area contributed by atoms with Gasteiger partial charge in [-0.1, -0.05) is 42.6 Å². The molecule has 1 heterocycles. The zero-order valence-corrected chi connectivity index (χ0v) is 17.6. The topological polar surface area (TPSA) is 79.0 Å². The molecule has 0 aliphatic heterocycles. The van der Waals surface area contributed by atoms with Crippen LogP contribution < -0.4 is 4.72 Å². The van der Waals surface area contributed by atoms with Gasteiger partial charge in [-0.15, -0.1) is 0 Å². The molecular weight excluding hydrogens is 419 g/mol. The Morgan fingerprint density at radius 1 is 1.11 bits per heavy atom. The molecule has 0 unspecified atom stereocenters. The van der Waals surface area contributed by atoms with Crippen LogP contribution in [0, 0.1) is 0 Å². The molecule has 0 atom stereocenters. The predicted octanol–water partition coefficient (Wildman–Crippen LogP) is 4.93. The number of hydrogen-bond donors (Lipinski definition) is 2. The Morgan fingerprint density at radius 2 is 1.89 bits per heavy atom. The second-order valence-electron chi connectivity index (χ2n) is 6.59. The van der Waals surface area contributed by atoms with Gasteiger partial charge in [0.05, 0.1) is 5.75 Å². The van der Waals surface area contributed by atoms with Gasteiger partial charge < -0.3 is 4.98 Å². The summed E-state index contributed by atoms with van der Waals surface area (Å²) < 4.78 is 26.1. The summed E-state index contributed by atoms with van der Waals surface area (Å²) in [5.74, 6) is -0.697. The maximum absolute atomic E-state index is 12.4. The Hall–Kier alpha value is -2.02. The molecular formula is C20H20Cl2N2O3S. The average molecular weight is 439 g/mol. The van der Waals surface area contributed by atoms with E-state index in [1.807, 2.05) is 19.2 Å².